The van der Waals surface area contributed by atoms with Crippen LogP contribution >= 0.6 is 23.2 Å². The lowest BCUT2D eigenvalue weighted by Crippen LogP contribution is -2.66. The third-order valence-electron chi connectivity index (χ3n) is 3.92. The fraction of sp³-hybridized carbons (Fsp3) is 0.500. The molecule has 0 atom stereocenters. The number of hydrogen-bond donors (Lipinski definition) is 0. The third kappa shape index (κ3) is 1.58. The Balaban J connectivity index is 1.75. The zero-order valence-electron chi connectivity index (χ0n) is 10.4. The molecule has 0 aliphatic carbocycles. The van der Waals surface area contributed by atoms with E-state index in [-0.39, 0.29) is 0 Å². The second-order valence-corrected chi connectivity index (χ2v) is 6.17. The van der Waals surface area contributed by atoms with Gasteiger partial charge >= 0.3 is 0 Å². The molecule has 2 aliphatic rings. The molecule has 0 saturated carbocycles. The van der Waals surface area contributed by atoms with Crippen LogP contribution < -0.4 is 4.90 Å². The van der Waals surface area contributed by atoms with Crippen molar-refractivity contribution in [2.45, 2.75) is 0 Å². The summed E-state index contributed by atoms with van der Waals surface area (Å²) in [5.74, 6) is 0.915. The summed E-state index contributed by atoms with van der Waals surface area (Å²) in [4.78, 5) is 10.9. The fourth-order valence-corrected chi connectivity index (χ4v) is 3.33. The molecule has 2 aromatic rings. The zero-order valence-corrected chi connectivity index (χ0v) is 11.9. The molecular weight excluding hydrogens is 287 g/mol. The molecule has 4 heterocycles. The van der Waals surface area contributed by atoms with Gasteiger partial charge in [0.05, 0.1) is 24.1 Å². The molecule has 5 nitrogen and oxygen atoms in total. The number of rotatable bonds is 1. The third-order valence-corrected chi connectivity index (χ3v) is 4.38. The first-order valence-corrected chi connectivity index (χ1v) is 6.85. The van der Waals surface area contributed by atoms with Crippen molar-refractivity contribution in [3.8, 4) is 0 Å². The summed E-state index contributed by atoms with van der Waals surface area (Å²) < 4.78 is 7.30. The molecule has 100 valence electrons. The van der Waals surface area contributed by atoms with Crippen molar-refractivity contribution < 1.29 is 4.74 Å². The van der Waals surface area contributed by atoms with Gasteiger partial charge in [-0.05, 0) is 0 Å². The van der Waals surface area contributed by atoms with Crippen LogP contribution in [0, 0.1) is 5.41 Å². The summed E-state index contributed by atoms with van der Waals surface area (Å²) in [5.41, 5.74) is 1.97. The molecule has 0 bridgehead atoms. The quantitative estimate of drug-likeness (QED) is 0.757. The van der Waals surface area contributed by atoms with Gasteiger partial charge in [-0.1, -0.05) is 23.2 Å². The van der Waals surface area contributed by atoms with Gasteiger partial charge in [0.15, 0.2) is 5.15 Å². The average molecular weight is 299 g/mol. The van der Waals surface area contributed by atoms with Crippen molar-refractivity contribution in [3.63, 3.8) is 0 Å². The molecule has 19 heavy (non-hydrogen) atoms. The van der Waals surface area contributed by atoms with Crippen LogP contribution in [0.5, 0.6) is 0 Å². The summed E-state index contributed by atoms with van der Waals surface area (Å²) in [5, 5.41) is 0.742. The molecule has 0 radical (unpaired) electrons. The van der Waals surface area contributed by atoms with Gasteiger partial charge in [-0.2, -0.15) is 0 Å². The lowest BCUT2D eigenvalue weighted by molar-refractivity contribution is -0.127. The fourth-order valence-electron chi connectivity index (χ4n) is 2.87. The second-order valence-electron chi connectivity index (χ2n) is 5.42. The Bertz CT molecular complexity index is 672. The number of aromatic nitrogens is 3. The topological polar surface area (TPSA) is 43.2 Å². The number of ether oxygens (including phenoxy) is 1. The summed E-state index contributed by atoms with van der Waals surface area (Å²) >= 11 is 12.0. The van der Waals surface area contributed by atoms with E-state index >= 15 is 0 Å². The maximum absolute atomic E-state index is 6.10. The first-order chi connectivity index (χ1) is 9.08. The van der Waals surface area contributed by atoms with E-state index in [1.54, 1.807) is 6.07 Å². The van der Waals surface area contributed by atoms with E-state index in [0.29, 0.717) is 21.2 Å². The predicted molar refractivity (Wildman–Crippen MR) is 74.0 cm³/mol. The van der Waals surface area contributed by atoms with Gasteiger partial charge in [-0.25, -0.2) is 9.97 Å². The average Bonchev–Trinajstić information content (AvgIpc) is 2.54. The number of nitrogens with zero attached hydrogens (tertiary/aromatic N) is 4. The highest BCUT2D eigenvalue weighted by Gasteiger charge is 2.50. The summed E-state index contributed by atoms with van der Waals surface area (Å²) in [6.07, 6.45) is 0. The minimum absolute atomic E-state index is 0.353. The summed E-state index contributed by atoms with van der Waals surface area (Å²) in [6, 6.07) is 1.79. The van der Waals surface area contributed by atoms with Crippen LogP contribution in [0.4, 0.5) is 5.95 Å². The van der Waals surface area contributed by atoms with Crippen molar-refractivity contribution in [3.05, 3.63) is 16.4 Å². The first kappa shape index (κ1) is 11.8. The molecule has 2 aromatic heterocycles. The zero-order chi connectivity index (χ0) is 13.2. The summed E-state index contributed by atoms with van der Waals surface area (Å²) in [6.45, 7) is 3.70. The number of pyridine rings is 1. The van der Waals surface area contributed by atoms with Crippen molar-refractivity contribution in [2.24, 2.45) is 12.5 Å². The highest BCUT2D eigenvalue weighted by atomic mass is 35.5. The smallest absolute Gasteiger partial charge is 0.206 e. The van der Waals surface area contributed by atoms with Gasteiger partial charge in [0.25, 0.3) is 0 Å². The van der Waals surface area contributed by atoms with Gasteiger partial charge in [0.2, 0.25) is 5.95 Å². The monoisotopic (exact) mass is 298 g/mol. The maximum atomic E-state index is 6.10. The van der Waals surface area contributed by atoms with Crippen LogP contribution in [0.1, 0.15) is 0 Å². The van der Waals surface area contributed by atoms with Gasteiger partial charge in [0.1, 0.15) is 10.7 Å². The Kier molecular flexibility index (Phi) is 2.32. The molecular formula is C12H12Cl2N4O. The standard InChI is InChI=1S/C12H12Cl2N4O/c1-17-7-2-8(13)15-10(14)9(7)16-11(17)18-3-12(4-18)5-19-6-12/h2H,3-6H2,1H3. The highest BCUT2D eigenvalue weighted by Crippen LogP contribution is 2.40. The van der Waals surface area contributed by atoms with E-state index in [2.05, 4.69) is 14.9 Å². The molecule has 0 amide bonds. The molecule has 7 heteroatoms. The van der Waals surface area contributed by atoms with Gasteiger partial charge in [0, 0.05) is 26.2 Å². The lowest BCUT2D eigenvalue weighted by atomic mass is 9.78. The number of halogens is 2. The van der Waals surface area contributed by atoms with Gasteiger partial charge < -0.3 is 14.2 Å². The SMILES string of the molecule is Cn1c(N2CC3(COC3)C2)nc2c(Cl)nc(Cl)cc21. The molecule has 0 N–H and O–H groups in total. The van der Waals surface area contributed by atoms with E-state index in [4.69, 9.17) is 27.9 Å². The van der Waals surface area contributed by atoms with Crippen LogP contribution in [0.15, 0.2) is 6.07 Å². The van der Waals surface area contributed by atoms with E-state index in [1.165, 1.54) is 0 Å². The minimum Gasteiger partial charge on any atom is -0.380 e. The molecule has 4 rings (SSSR count). The van der Waals surface area contributed by atoms with E-state index in [0.717, 1.165) is 37.8 Å². The van der Waals surface area contributed by atoms with Crippen molar-refractivity contribution >= 4 is 40.2 Å². The van der Waals surface area contributed by atoms with Crippen LogP contribution in [0.25, 0.3) is 11.0 Å². The minimum atomic E-state index is 0.353. The number of aryl methyl sites for hydroxylation is 1. The van der Waals surface area contributed by atoms with Crippen LogP contribution in [-0.2, 0) is 11.8 Å². The molecule has 0 aromatic carbocycles. The Hall–Kier alpha value is -1.04. The van der Waals surface area contributed by atoms with Crippen molar-refractivity contribution in [2.75, 3.05) is 31.2 Å². The number of imidazole rings is 1. The second kappa shape index (κ2) is 3.75. The van der Waals surface area contributed by atoms with E-state index in [1.807, 2.05) is 11.6 Å². The Morgan fingerprint density at radius 1 is 1.26 bits per heavy atom. The van der Waals surface area contributed by atoms with Gasteiger partial charge in [-0.15, -0.1) is 0 Å². The van der Waals surface area contributed by atoms with Crippen molar-refractivity contribution in [1.82, 2.24) is 14.5 Å². The van der Waals surface area contributed by atoms with Crippen LogP contribution in [0.3, 0.4) is 0 Å². The molecule has 2 saturated heterocycles. The largest absolute Gasteiger partial charge is 0.380 e. The maximum Gasteiger partial charge on any atom is 0.206 e. The highest BCUT2D eigenvalue weighted by molar-refractivity contribution is 6.36. The first-order valence-electron chi connectivity index (χ1n) is 6.09. The summed E-state index contributed by atoms with van der Waals surface area (Å²) in [7, 11) is 1.97. The normalized spacial score (nSPS) is 20.7. The Morgan fingerprint density at radius 3 is 2.63 bits per heavy atom. The van der Waals surface area contributed by atoms with Gasteiger partial charge in [-0.3, -0.25) is 0 Å². The number of hydrogen-bond acceptors (Lipinski definition) is 4. The molecule has 1 spiro atoms. The van der Waals surface area contributed by atoms with E-state index in [9.17, 15) is 0 Å². The lowest BCUT2D eigenvalue weighted by Gasteiger charge is -2.55. The molecule has 2 fully saturated rings. The Morgan fingerprint density at radius 2 is 2.00 bits per heavy atom. The van der Waals surface area contributed by atoms with Crippen LogP contribution in [-0.4, -0.2) is 40.8 Å². The van der Waals surface area contributed by atoms with Crippen LogP contribution in [0.2, 0.25) is 10.3 Å². The number of anilines is 1. The molecule has 2 aliphatic heterocycles. The number of fused-ring (bicyclic) bond motifs is 1. The Labute approximate surface area is 120 Å². The van der Waals surface area contributed by atoms with E-state index < -0.39 is 0 Å². The molecule has 0 unspecified atom stereocenters. The predicted octanol–water partition coefficient (Wildman–Crippen LogP) is 2.11. The van der Waals surface area contributed by atoms with Crippen molar-refractivity contribution in [1.29, 1.82) is 0 Å².